The number of nitro groups is 1. The normalized spacial score (nSPS) is 17.3. The Kier molecular flexibility index (Phi) is 6.55. The Balaban J connectivity index is 1.25. The lowest BCUT2D eigenvalue weighted by molar-refractivity contribution is -0.384. The van der Waals surface area contributed by atoms with Crippen LogP contribution in [0.5, 0.6) is 0 Å². The molecular weight excluding hydrogens is 511 g/mol. The topological polar surface area (TPSA) is 92.2 Å². The number of rotatable bonds is 4. The third-order valence-electron chi connectivity index (χ3n) is 5.67. The number of furan rings is 1. The highest BCUT2D eigenvalue weighted by Gasteiger charge is 2.30. The molecule has 0 unspecified atom stereocenters. The minimum absolute atomic E-state index is 0.0887. The molecule has 2 aliphatic heterocycles. The monoisotopic (exact) mass is 528 g/mol. The van der Waals surface area contributed by atoms with E-state index in [1.165, 1.54) is 17.8 Å². The van der Waals surface area contributed by atoms with Crippen molar-refractivity contribution in [2.45, 2.75) is 0 Å². The summed E-state index contributed by atoms with van der Waals surface area (Å²) in [7, 11) is 0. The quantitative estimate of drug-likeness (QED) is 0.234. The number of piperazine rings is 1. The van der Waals surface area contributed by atoms with Gasteiger partial charge >= 0.3 is 0 Å². The molecule has 0 atom stereocenters. The zero-order valence-electron chi connectivity index (χ0n) is 18.2. The fourth-order valence-corrected chi connectivity index (χ4v) is 5.28. The number of carbonyl (C=O) groups excluding carboxylic acids is 1. The van der Waals surface area contributed by atoms with Crippen LogP contribution in [0.2, 0.25) is 10.0 Å². The summed E-state index contributed by atoms with van der Waals surface area (Å²) in [5.41, 5.74) is 1.36. The van der Waals surface area contributed by atoms with Gasteiger partial charge in [0.2, 0.25) is 0 Å². The van der Waals surface area contributed by atoms with Crippen LogP contribution in [0.1, 0.15) is 5.76 Å². The zero-order chi connectivity index (χ0) is 24.5. The number of nitrogens with zero attached hydrogens (tertiary/aromatic N) is 4. The molecule has 0 saturated carbocycles. The van der Waals surface area contributed by atoms with Crippen molar-refractivity contribution in [1.82, 2.24) is 4.90 Å². The van der Waals surface area contributed by atoms with Crippen LogP contribution in [0.15, 0.2) is 68.9 Å². The number of halogens is 2. The number of amidine groups is 1. The number of hydrogen-bond donors (Lipinski definition) is 0. The highest BCUT2D eigenvalue weighted by molar-refractivity contribution is 8.18. The van der Waals surface area contributed by atoms with Gasteiger partial charge in [-0.25, -0.2) is 0 Å². The van der Waals surface area contributed by atoms with E-state index in [9.17, 15) is 14.9 Å². The first kappa shape index (κ1) is 23.5. The molecule has 0 spiro atoms. The van der Waals surface area contributed by atoms with Gasteiger partial charge in [-0.15, -0.1) is 0 Å². The van der Waals surface area contributed by atoms with E-state index in [1.807, 2.05) is 9.80 Å². The summed E-state index contributed by atoms with van der Waals surface area (Å²) in [5, 5.41) is 13.0. The van der Waals surface area contributed by atoms with Crippen LogP contribution in [-0.2, 0) is 4.79 Å². The van der Waals surface area contributed by atoms with Crippen molar-refractivity contribution in [1.29, 1.82) is 0 Å². The number of hydrogen-bond acceptors (Lipinski definition) is 7. The average Bonchev–Trinajstić information content (AvgIpc) is 3.47. The molecule has 2 aliphatic rings. The second-order valence-electron chi connectivity index (χ2n) is 7.86. The molecule has 8 nitrogen and oxygen atoms in total. The molecule has 0 radical (unpaired) electrons. The molecule has 0 N–H and O–H groups in total. The number of para-hydroxylation sites is 2. The summed E-state index contributed by atoms with van der Waals surface area (Å²) in [4.78, 5) is 32.2. The van der Waals surface area contributed by atoms with Crippen molar-refractivity contribution in [2.75, 3.05) is 31.1 Å². The van der Waals surface area contributed by atoms with Gasteiger partial charge in [-0.2, -0.15) is 4.99 Å². The van der Waals surface area contributed by atoms with Crippen LogP contribution >= 0.6 is 35.0 Å². The Morgan fingerprint density at radius 2 is 1.77 bits per heavy atom. The van der Waals surface area contributed by atoms with Gasteiger partial charge in [-0.1, -0.05) is 35.3 Å². The number of thioether (sulfide) groups is 1. The van der Waals surface area contributed by atoms with E-state index in [0.717, 1.165) is 0 Å². The van der Waals surface area contributed by atoms with Crippen LogP contribution in [0.4, 0.5) is 11.4 Å². The lowest BCUT2D eigenvalue weighted by Crippen LogP contribution is -2.48. The van der Waals surface area contributed by atoms with Crippen LogP contribution in [0.3, 0.4) is 0 Å². The summed E-state index contributed by atoms with van der Waals surface area (Å²) < 4.78 is 5.88. The van der Waals surface area contributed by atoms with E-state index in [0.29, 0.717) is 69.1 Å². The molecule has 0 aliphatic carbocycles. The molecule has 35 heavy (non-hydrogen) atoms. The van der Waals surface area contributed by atoms with Crippen molar-refractivity contribution in [3.63, 3.8) is 0 Å². The van der Waals surface area contributed by atoms with E-state index in [4.69, 9.17) is 27.6 Å². The lowest BCUT2D eigenvalue weighted by Gasteiger charge is -2.36. The van der Waals surface area contributed by atoms with Gasteiger partial charge in [0.15, 0.2) is 5.17 Å². The summed E-state index contributed by atoms with van der Waals surface area (Å²) in [6, 6.07) is 15.4. The maximum atomic E-state index is 12.5. The second-order valence-corrected chi connectivity index (χ2v) is 9.71. The molecular formula is C24H18Cl2N4O4S. The maximum absolute atomic E-state index is 12.5. The van der Waals surface area contributed by atoms with Crippen LogP contribution in [-0.4, -0.2) is 47.1 Å². The summed E-state index contributed by atoms with van der Waals surface area (Å²) >= 11 is 13.6. The van der Waals surface area contributed by atoms with Gasteiger partial charge < -0.3 is 14.2 Å². The van der Waals surface area contributed by atoms with Gasteiger partial charge in [-0.05, 0) is 48.2 Å². The molecule has 11 heteroatoms. The average molecular weight is 529 g/mol. The SMILES string of the molecule is O=C1N=C(N2CCN(c3ccccc3[N+](=O)[O-])CC2)SC1=Cc1ccc(-c2cc(Cl)ccc2Cl)o1. The van der Waals surface area contributed by atoms with Crippen LogP contribution in [0.25, 0.3) is 17.4 Å². The zero-order valence-corrected chi connectivity index (χ0v) is 20.5. The minimum Gasteiger partial charge on any atom is -0.457 e. The predicted octanol–water partition coefficient (Wildman–Crippen LogP) is 5.95. The maximum Gasteiger partial charge on any atom is 0.292 e. The molecule has 3 aromatic rings. The van der Waals surface area contributed by atoms with E-state index in [1.54, 1.807) is 54.6 Å². The molecule has 3 heterocycles. The van der Waals surface area contributed by atoms with Crippen LogP contribution in [0, 0.1) is 10.1 Å². The molecule has 178 valence electrons. The highest BCUT2D eigenvalue weighted by atomic mass is 35.5. The van der Waals surface area contributed by atoms with E-state index < -0.39 is 0 Å². The minimum atomic E-state index is -0.366. The Bertz CT molecular complexity index is 1380. The Morgan fingerprint density at radius 1 is 1.03 bits per heavy atom. The molecule has 1 aromatic heterocycles. The van der Waals surface area contributed by atoms with Crippen molar-refractivity contribution in [3.8, 4) is 11.3 Å². The third-order valence-corrected chi connectivity index (χ3v) is 7.28. The summed E-state index contributed by atoms with van der Waals surface area (Å²) in [6.45, 7) is 2.35. The molecule has 5 rings (SSSR count). The molecule has 0 bridgehead atoms. The predicted molar refractivity (Wildman–Crippen MR) is 139 cm³/mol. The standard InChI is InChI=1S/C24H18Cl2N4O4S/c25-15-5-7-18(26)17(13-15)21-8-6-16(34-21)14-22-23(31)27-24(35-22)29-11-9-28(10-12-29)19-3-1-2-4-20(19)30(32)33/h1-8,13-14H,9-12H2. The van der Waals surface area contributed by atoms with E-state index in [2.05, 4.69) is 4.99 Å². The number of aliphatic imine (C=N–C) groups is 1. The fraction of sp³-hybridized carbons (Fsp3) is 0.167. The van der Waals surface area contributed by atoms with Crippen molar-refractivity contribution < 1.29 is 14.1 Å². The number of benzene rings is 2. The van der Waals surface area contributed by atoms with Gasteiger partial charge in [0.1, 0.15) is 17.2 Å². The first-order valence-corrected chi connectivity index (χ1v) is 12.3. The Morgan fingerprint density at radius 3 is 2.54 bits per heavy atom. The summed E-state index contributed by atoms with van der Waals surface area (Å²) in [6.07, 6.45) is 1.66. The van der Waals surface area contributed by atoms with Crippen molar-refractivity contribution >= 4 is 63.5 Å². The fourth-order valence-electron chi connectivity index (χ4n) is 3.95. The van der Waals surface area contributed by atoms with Gasteiger partial charge in [0, 0.05) is 48.9 Å². The Hall–Kier alpha value is -3.27. The van der Waals surface area contributed by atoms with Crippen molar-refractivity contribution in [3.05, 3.63) is 85.4 Å². The smallest absolute Gasteiger partial charge is 0.292 e. The molecule has 1 fully saturated rings. The first-order chi connectivity index (χ1) is 16.9. The lowest BCUT2D eigenvalue weighted by atomic mass is 10.2. The van der Waals surface area contributed by atoms with E-state index in [-0.39, 0.29) is 16.5 Å². The number of nitro benzene ring substituents is 1. The molecule has 2 aromatic carbocycles. The third kappa shape index (κ3) is 4.93. The second kappa shape index (κ2) is 9.77. The Labute approximate surface area is 215 Å². The van der Waals surface area contributed by atoms with Gasteiger partial charge in [0.25, 0.3) is 11.6 Å². The van der Waals surface area contributed by atoms with Gasteiger partial charge in [-0.3, -0.25) is 14.9 Å². The molecule has 1 amide bonds. The summed E-state index contributed by atoms with van der Waals surface area (Å²) in [5.74, 6) is 0.724. The van der Waals surface area contributed by atoms with Crippen LogP contribution < -0.4 is 4.90 Å². The van der Waals surface area contributed by atoms with Crippen molar-refractivity contribution in [2.24, 2.45) is 4.99 Å². The first-order valence-electron chi connectivity index (χ1n) is 10.7. The van der Waals surface area contributed by atoms with E-state index >= 15 is 0 Å². The number of anilines is 1. The van der Waals surface area contributed by atoms with Gasteiger partial charge in [0.05, 0.1) is 14.9 Å². The largest absolute Gasteiger partial charge is 0.457 e. The number of amides is 1. The highest BCUT2D eigenvalue weighted by Crippen LogP contribution is 2.35. The molecule has 1 saturated heterocycles. The number of carbonyl (C=O) groups is 1.